The Bertz CT molecular complexity index is 832. The molecule has 1 atom stereocenters. The van der Waals surface area contributed by atoms with Gasteiger partial charge in [-0.25, -0.2) is 0 Å². The van der Waals surface area contributed by atoms with E-state index in [0.717, 1.165) is 52.1 Å². The van der Waals surface area contributed by atoms with Gasteiger partial charge in [-0.05, 0) is 49.1 Å². The van der Waals surface area contributed by atoms with Crippen molar-refractivity contribution in [2.45, 2.75) is 31.8 Å². The van der Waals surface area contributed by atoms with Gasteiger partial charge in [0.05, 0.1) is 25.8 Å². The van der Waals surface area contributed by atoms with Gasteiger partial charge in [0.25, 0.3) is 0 Å². The molecule has 29 heavy (non-hydrogen) atoms. The molecule has 1 saturated heterocycles. The predicted octanol–water partition coefficient (Wildman–Crippen LogP) is 3.15. The van der Waals surface area contributed by atoms with Gasteiger partial charge in [-0.3, -0.25) is 9.69 Å². The molecule has 0 saturated carbocycles. The van der Waals surface area contributed by atoms with Crippen LogP contribution in [0.2, 0.25) is 0 Å². The number of nitrogens with zero attached hydrogens (tertiary/aromatic N) is 2. The molecule has 0 unspecified atom stereocenters. The molecular formula is C24H31N3O2. The Hall–Kier alpha value is -2.37. The molecule has 1 amide bonds. The highest BCUT2D eigenvalue weighted by atomic mass is 16.5. The summed E-state index contributed by atoms with van der Waals surface area (Å²) >= 11 is 0. The van der Waals surface area contributed by atoms with Gasteiger partial charge in [0.15, 0.2) is 0 Å². The summed E-state index contributed by atoms with van der Waals surface area (Å²) in [7, 11) is 2.02. The van der Waals surface area contributed by atoms with Crippen LogP contribution in [0.15, 0.2) is 48.5 Å². The topological polar surface area (TPSA) is 44.8 Å². The van der Waals surface area contributed by atoms with E-state index in [0.29, 0.717) is 6.54 Å². The van der Waals surface area contributed by atoms with Crippen molar-refractivity contribution in [2.75, 3.05) is 44.8 Å². The predicted molar refractivity (Wildman–Crippen MR) is 116 cm³/mol. The molecule has 0 aromatic heterocycles. The third kappa shape index (κ3) is 4.98. The number of ether oxygens (including phenoxy) is 1. The number of hydrogen-bond donors (Lipinski definition) is 1. The van der Waals surface area contributed by atoms with Crippen LogP contribution in [-0.4, -0.2) is 50.7 Å². The maximum Gasteiger partial charge on any atom is 0.234 e. The smallest absolute Gasteiger partial charge is 0.234 e. The van der Waals surface area contributed by atoms with Gasteiger partial charge in [-0.15, -0.1) is 0 Å². The molecule has 5 heteroatoms. The molecule has 154 valence electrons. The van der Waals surface area contributed by atoms with Crippen LogP contribution in [0, 0.1) is 0 Å². The second kappa shape index (κ2) is 9.42. The van der Waals surface area contributed by atoms with Crippen molar-refractivity contribution in [3.05, 3.63) is 65.2 Å². The van der Waals surface area contributed by atoms with Crippen molar-refractivity contribution in [3.63, 3.8) is 0 Å². The Kier molecular flexibility index (Phi) is 6.47. The number of carbonyl (C=O) groups is 1. The fraction of sp³-hybridized carbons (Fsp3) is 0.458. The number of nitrogens with one attached hydrogen (secondary N) is 1. The maximum atomic E-state index is 12.7. The third-order valence-corrected chi connectivity index (χ3v) is 5.90. The molecule has 2 aliphatic rings. The zero-order valence-corrected chi connectivity index (χ0v) is 17.3. The van der Waals surface area contributed by atoms with Crippen LogP contribution in [0.4, 0.5) is 5.69 Å². The third-order valence-electron chi connectivity index (χ3n) is 5.90. The number of carbonyl (C=O) groups excluding carboxylic acids is 1. The standard InChI is InChI=1S/C24H31N3O2/c1-26(17-20-8-3-5-12-23(20)27-13-15-29-16-14-27)18-24(28)25-22-11-6-9-19-7-2-4-10-21(19)22/h2-5,7-8,10,12,22H,6,9,11,13-18H2,1H3,(H,25,28)/t22-/m0/s1. The van der Waals surface area contributed by atoms with E-state index in [-0.39, 0.29) is 11.9 Å². The minimum atomic E-state index is 0.0954. The molecule has 0 spiro atoms. The summed E-state index contributed by atoms with van der Waals surface area (Å²) in [5.41, 5.74) is 5.17. The number of anilines is 1. The largest absolute Gasteiger partial charge is 0.378 e. The van der Waals surface area contributed by atoms with Crippen LogP contribution >= 0.6 is 0 Å². The fourth-order valence-electron chi connectivity index (χ4n) is 4.49. The number of fused-ring (bicyclic) bond motifs is 1. The lowest BCUT2D eigenvalue weighted by Gasteiger charge is -2.31. The lowest BCUT2D eigenvalue weighted by atomic mass is 9.88. The maximum absolute atomic E-state index is 12.7. The first kappa shape index (κ1) is 19.9. The van der Waals surface area contributed by atoms with E-state index in [1.165, 1.54) is 22.4 Å². The lowest BCUT2D eigenvalue weighted by molar-refractivity contribution is -0.122. The van der Waals surface area contributed by atoms with Crippen molar-refractivity contribution in [3.8, 4) is 0 Å². The van der Waals surface area contributed by atoms with Gasteiger partial charge in [-0.1, -0.05) is 42.5 Å². The molecule has 1 heterocycles. The van der Waals surface area contributed by atoms with E-state index < -0.39 is 0 Å². The first-order valence-corrected chi connectivity index (χ1v) is 10.7. The number of morpholine rings is 1. The minimum absolute atomic E-state index is 0.0954. The van der Waals surface area contributed by atoms with Gasteiger partial charge in [0, 0.05) is 25.3 Å². The highest BCUT2D eigenvalue weighted by Gasteiger charge is 2.22. The van der Waals surface area contributed by atoms with Crippen LogP contribution in [0.25, 0.3) is 0 Å². The summed E-state index contributed by atoms with van der Waals surface area (Å²) in [6, 6.07) is 17.1. The molecule has 1 aliphatic carbocycles. The number of para-hydroxylation sites is 1. The normalized spacial score (nSPS) is 19.1. The van der Waals surface area contributed by atoms with E-state index in [2.05, 4.69) is 63.6 Å². The van der Waals surface area contributed by atoms with Gasteiger partial charge in [0.2, 0.25) is 5.91 Å². The van der Waals surface area contributed by atoms with E-state index in [4.69, 9.17) is 4.74 Å². The molecule has 1 aliphatic heterocycles. The first-order valence-electron chi connectivity index (χ1n) is 10.7. The highest BCUT2D eigenvalue weighted by molar-refractivity contribution is 5.78. The zero-order chi connectivity index (χ0) is 20.1. The van der Waals surface area contributed by atoms with Crippen molar-refractivity contribution in [1.29, 1.82) is 0 Å². The Morgan fingerprint density at radius 2 is 1.90 bits per heavy atom. The summed E-state index contributed by atoms with van der Waals surface area (Å²) in [5.74, 6) is 0.0954. The van der Waals surface area contributed by atoms with Gasteiger partial charge in [0.1, 0.15) is 0 Å². The highest BCUT2D eigenvalue weighted by Crippen LogP contribution is 2.29. The van der Waals surface area contributed by atoms with Crippen molar-refractivity contribution in [2.24, 2.45) is 0 Å². The fourth-order valence-corrected chi connectivity index (χ4v) is 4.49. The molecule has 0 radical (unpaired) electrons. The molecule has 5 nitrogen and oxygen atoms in total. The van der Waals surface area contributed by atoms with E-state index in [1.54, 1.807) is 0 Å². The van der Waals surface area contributed by atoms with Crippen molar-refractivity contribution in [1.82, 2.24) is 10.2 Å². The zero-order valence-electron chi connectivity index (χ0n) is 17.3. The van der Waals surface area contributed by atoms with Gasteiger partial charge < -0.3 is 15.0 Å². The Morgan fingerprint density at radius 3 is 2.76 bits per heavy atom. The first-order chi connectivity index (χ1) is 14.2. The number of rotatable bonds is 6. The van der Waals surface area contributed by atoms with E-state index in [9.17, 15) is 4.79 Å². The summed E-state index contributed by atoms with van der Waals surface area (Å²) in [4.78, 5) is 17.2. The van der Waals surface area contributed by atoms with Gasteiger partial charge in [-0.2, -0.15) is 0 Å². The minimum Gasteiger partial charge on any atom is -0.378 e. The van der Waals surface area contributed by atoms with Crippen molar-refractivity contribution >= 4 is 11.6 Å². The molecule has 0 bridgehead atoms. The number of benzene rings is 2. The Balaban J connectivity index is 1.36. The number of hydrogen-bond acceptors (Lipinski definition) is 4. The van der Waals surface area contributed by atoms with E-state index >= 15 is 0 Å². The summed E-state index contributed by atoms with van der Waals surface area (Å²) in [6.07, 6.45) is 3.26. The summed E-state index contributed by atoms with van der Waals surface area (Å²) in [5, 5.41) is 3.26. The number of amides is 1. The van der Waals surface area contributed by atoms with Gasteiger partial charge >= 0.3 is 0 Å². The van der Waals surface area contributed by atoms with Crippen LogP contribution in [-0.2, 0) is 22.5 Å². The van der Waals surface area contributed by atoms with Crippen LogP contribution < -0.4 is 10.2 Å². The molecule has 1 fully saturated rings. The molecule has 2 aromatic rings. The molecule has 2 aromatic carbocycles. The Labute approximate surface area is 173 Å². The number of aryl methyl sites for hydroxylation is 1. The quantitative estimate of drug-likeness (QED) is 0.819. The average Bonchev–Trinajstić information content (AvgIpc) is 2.75. The summed E-state index contributed by atoms with van der Waals surface area (Å²) < 4.78 is 5.49. The van der Waals surface area contributed by atoms with Crippen LogP contribution in [0.1, 0.15) is 35.6 Å². The SMILES string of the molecule is CN(CC(=O)N[C@H]1CCCc2ccccc21)Cc1ccccc1N1CCOCC1. The second-order valence-corrected chi connectivity index (χ2v) is 8.11. The lowest BCUT2D eigenvalue weighted by Crippen LogP contribution is -2.39. The average molecular weight is 394 g/mol. The second-order valence-electron chi connectivity index (χ2n) is 8.11. The number of likely N-dealkylation sites (N-methyl/N-ethyl adjacent to an activating group) is 1. The summed E-state index contributed by atoms with van der Waals surface area (Å²) in [6.45, 7) is 4.54. The van der Waals surface area contributed by atoms with Crippen molar-refractivity contribution < 1.29 is 9.53 Å². The van der Waals surface area contributed by atoms with E-state index in [1.807, 2.05) is 7.05 Å². The van der Waals surface area contributed by atoms with Crippen LogP contribution in [0.5, 0.6) is 0 Å². The molecular weight excluding hydrogens is 362 g/mol. The molecule has 4 rings (SSSR count). The van der Waals surface area contributed by atoms with Crippen LogP contribution in [0.3, 0.4) is 0 Å². The molecule has 1 N–H and O–H groups in total. The Morgan fingerprint density at radius 1 is 1.14 bits per heavy atom. The monoisotopic (exact) mass is 393 g/mol.